The Morgan fingerprint density at radius 1 is 1.12 bits per heavy atom. The Morgan fingerprint density at radius 3 is 2.61 bits per heavy atom. The molecule has 0 bridgehead atoms. The molecule has 1 aromatic carbocycles. The summed E-state index contributed by atoms with van der Waals surface area (Å²) in [6, 6.07) is 9.97. The predicted molar refractivity (Wildman–Crippen MR) is 122 cm³/mol. The summed E-state index contributed by atoms with van der Waals surface area (Å²) >= 11 is 0. The Kier molecular flexibility index (Phi) is 7.80. The Balaban J connectivity index is 1.26. The molecule has 0 saturated carbocycles. The number of carbonyl (C=O) groups excluding carboxylic acids is 2. The van der Waals surface area contributed by atoms with Crippen molar-refractivity contribution >= 4 is 11.8 Å². The maximum atomic E-state index is 12.8. The van der Waals surface area contributed by atoms with Gasteiger partial charge in [0.25, 0.3) is 5.91 Å². The number of aromatic nitrogens is 2. The highest BCUT2D eigenvalue weighted by Crippen LogP contribution is 2.23. The number of aliphatic hydroxyl groups excluding tert-OH is 1. The number of hydrogen-bond donors (Lipinski definition) is 2. The summed E-state index contributed by atoms with van der Waals surface area (Å²) in [7, 11) is 0. The highest BCUT2D eigenvalue weighted by Gasteiger charge is 2.31. The fraction of sp³-hybridized carbons (Fsp3) is 0.440. The molecule has 3 heterocycles. The van der Waals surface area contributed by atoms with Crippen LogP contribution < -0.4 is 5.32 Å². The van der Waals surface area contributed by atoms with E-state index in [0.717, 1.165) is 32.4 Å². The molecule has 0 aliphatic carbocycles. The molecule has 1 aromatic heterocycles. The topological polar surface area (TPSA) is 105 Å². The highest BCUT2D eigenvalue weighted by atomic mass is 16.5. The summed E-state index contributed by atoms with van der Waals surface area (Å²) in [5.41, 5.74) is 1.54. The van der Waals surface area contributed by atoms with Gasteiger partial charge < -0.3 is 20.1 Å². The van der Waals surface area contributed by atoms with E-state index in [4.69, 9.17) is 4.74 Å². The van der Waals surface area contributed by atoms with Gasteiger partial charge in [0, 0.05) is 25.5 Å². The van der Waals surface area contributed by atoms with E-state index in [2.05, 4.69) is 39.6 Å². The predicted octanol–water partition coefficient (Wildman–Crippen LogP) is 1.76. The number of aliphatic hydroxyl groups is 1. The van der Waals surface area contributed by atoms with Crippen LogP contribution in [0.1, 0.15) is 35.3 Å². The number of ether oxygens (including phenoxy) is 1. The minimum absolute atomic E-state index is 0.0570. The van der Waals surface area contributed by atoms with E-state index in [-0.39, 0.29) is 24.6 Å². The third kappa shape index (κ3) is 6.24. The first kappa shape index (κ1) is 23.1. The van der Waals surface area contributed by atoms with Crippen molar-refractivity contribution in [1.29, 1.82) is 0 Å². The summed E-state index contributed by atoms with van der Waals surface area (Å²) in [6.07, 6.45) is 10.1. The van der Waals surface area contributed by atoms with Crippen LogP contribution in [0.25, 0.3) is 0 Å². The monoisotopic (exact) mass is 450 g/mol. The van der Waals surface area contributed by atoms with Crippen molar-refractivity contribution in [1.82, 2.24) is 20.2 Å². The first-order chi connectivity index (χ1) is 16.1. The number of hydrogen-bond acceptors (Lipinski definition) is 6. The van der Waals surface area contributed by atoms with Crippen LogP contribution >= 0.6 is 0 Å². The van der Waals surface area contributed by atoms with Gasteiger partial charge in [-0.2, -0.15) is 0 Å². The number of rotatable bonds is 7. The Labute approximate surface area is 193 Å². The van der Waals surface area contributed by atoms with Crippen LogP contribution in [-0.4, -0.2) is 69.7 Å². The second-order valence-corrected chi connectivity index (χ2v) is 8.59. The number of nitrogens with one attached hydrogen (secondary N) is 1. The first-order valence-electron chi connectivity index (χ1n) is 11.5. The van der Waals surface area contributed by atoms with Crippen LogP contribution in [0.2, 0.25) is 0 Å². The maximum Gasteiger partial charge on any atom is 0.272 e. The van der Waals surface area contributed by atoms with Gasteiger partial charge in [-0.1, -0.05) is 42.5 Å². The number of likely N-dealkylation sites (tertiary alicyclic amines) is 1. The maximum absolute atomic E-state index is 12.8. The van der Waals surface area contributed by atoms with Crippen LogP contribution in [0.3, 0.4) is 0 Å². The fourth-order valence-corrected chi connectivity index (χ4v) is 4.41. The zero-order chi connectivity index (χ0) is 23.0. The first-order valence-corrected chi connectivity index (χ1v) is 11.5. The van der Waals surface area contributed by atoms with Gasteiger partial charge in [0.15, 0.2) is 0 Å². The van der Waals surface area contributed by atoms with Gasteiger partial charge in [0.2, 0.25) is 5.91 Å². The standard InChI is InChI=1S/C25H30N4O4/c30-17-23-21(28-25(32)22-16-26-10-11-27-22)7-6-20(33-23)15-24(31)29-12-8-19(9-13-29)14-18-4-2-1-3-5-18/h1-7,10-11,16,19-21,23,30H,8-9,12-15,17H2,(H,28,32)/t20-,21-,23-/m0/s1. The van der Waals surface area contributed by atoms with E-state index in [1.165, 1.54) is 24.2 Å². The number of carbonyl (C=O) groups is 2. The molecule has 2 aromatic rings. The van der Waals surface area contributed by atoms with E-state index in [9.17, 15) is 14.7 Å². The van der Waals surface area contributed by atoms with Crippen molar-refractivity contribution in [2.24, 2.45) is 5.92 Å². The van der Waals surface area contributed by atoms with Crippen molar-refractivity contribution in [3.8, 4) is 0 Å². The van der Waals surface area contributed by atoms with Gasteiger partial charge in [-0.05, 0) is 30.7 Å². The quantitative estimate of drug-likeness (QED) is 0.623. The van der Waals surface area contributed by atoms with Gasteiger partial charge in [0.1, 0.15) is 11.8 Å². The Hall–Kier alpha value is -3.10. The smallest absolute Gasteiger partial charge is 0.272 e. The molecule has 1 saturated heterocycles. The SMILES string of the molecule is O=C(N[C@H]1C=C[C@@H](CC(=O)N2CCC(Cc3ccccc3)CC2)O[C@H]1CO)c1cnccn1. The fourth-order valence-electron chi connectivity index (χ4n) is 4.41. The van der Waals surface area contributed by atoms with Gasteiger partial charge in [-0.25, -0.2) is 4.98 Å². The van der Waals surface area contributed by atoms with Gasteiger partial charge in [-0.3, -0.25) is 14.6 Å². The molecular formula is C25H30N4O4. The third-order valence-electron chi connectivity index (χ3n) is 6.27. The zero-order valence-corrected chi connectivity index (χ0v) is 18.5. The van der Waals surface area contributed by atoms with E-state index in [1.54, 1.807) is 12.2 Å². The molecule has 0 spiro atoms. The van der Waals surface area contributed by atoms with Gasteiger partial charge >= 0.3 is 0 Å². The van der Waals surface area contributed by atoms with Crippen LogP contribution in [-0.2, 0) is 16.0 Å². The molecular weight excluding hydrogens is 420 g/mol. The third-order valence-corrected chi connectivity index (χ3v) is 6.27. The highest BCUT2D eigenvalue weighted by molar-refractivity contribution is 5.92. The molecule has 0 unspecified atom stereocenters. The lowest BCUT2D eigenvalue weighted by Crippen LogP contribution is -2.49. The van der Waals surface area contributed by atoms with E-state index >= 15 is 0 Å². The molecule has 2 aliphatic rings. The summed E-state index contributed by atoms with van der Waals surface area (Å²) in [5, 5.41) is 12.6. The van der Waals surface area contributed by atoms with Crippen LogP contribution in [0.4, 0.5) is 0 Å². The number of amides is 2. The molecule has 4 rings (SSSR count). The molecule has 8 nitrogen and oxygen atoms in total. The van der Waals surface area contributed by atoms with Crippen LogP contribution in [0.15, 0.2) is 61.1 Å². The molecule has 8 heteroatoms. The Bertz CT molecular complexity index is 945. The van der Waals surface area contributed by atoms with Gasteiger partial charge in [-0.15, -0.1) is 0 Å². The second kappa shape index (κ2) is 11.2. The minimum atomic E-state index is -0.634. The molecule has 2 amide bonds. The van der Waals surface area contributed by atoms with Crippen LogP contribution in [0, 0.1) is 5.92 Å². The summed E-state index contributed by atoms with van der Waals surface area (Å²) in [4.78, 5) is 34.9. The van der Waals surface area contributed by atoms with Crippen LogP contribution in [0.5, 0.6) is 0 Å². The molecule has 174 valence electrons. The van der Waals surface area contributed by atoms with Crippen molar-refractivity contribution in [3.05, 3.63) is 72.3 Å². The lowest BCUT2D eigenvalue weighted by molar-refractivity contribution is -0.136. The van der Waals surface area contributed by atoms with Crippen molar-refractivity contribution in [3.63, 3.8) is 0 Å². The van der Waals surface area contributed by atoms with Crippen molar-refractivity contribution in [2.45, 2.75) is 43.9 Å². The summed E-state index contributed by atoms with van der Waals surface area (Å²) in [6.45, 7) is 1.24. The molecule has 33 heavy (non-hydrogen) atoms. The number of nitrogens with zero attached hydrogens (tertiary/aromatic N) is 3. The normalized spacial score (nSPS) is 23.3. The zero-order valence-electron chi connectivity index (χ0n) is 18.5. The largest absolute Gasteiger partial charge is 0.394 e. The molecule has 0 radical (unpaired) electrons. The van der Waals surface area contributed by atoms with E-state index < -0.39 is 24.2 Å². The second-order valence-electron chi connectivity index (χ2n) is 8.59. The number of piperidine rings is 1. The minimum Gasteiger partial charge on any atom is -0.394 e. The summed E-state index contributed by atoms with van der Waals surface area (Å²) in [5.74, 6) is 0.258. The molecule has 1 fully saturated rings. The van der Waals surface area contributed by atoms with Crippen molar-refractivity contribution < 1.29 is 19.4 Å². The molecule has 2 N–H and O–H groups in total. The van der Waals surface area contributed by atoms with E-state index in [1.807, 2.05) is 11.0 Å². The lowest BCUT2D eigenvalue weighted by atomic mass is 9.90. The molecule has 2 aliphatic heterocycles. The Morgan fingerprint density at radius 2 is 1.91 bits per heavy atom. The van der Waals surface area contributed by atoms with E-state index in [0.29, 0.717) is 5.92 Å². The lowest BCUT2D eigenvalue weighted by Gasteiger charge is -2.35. The number of benzene rings is 1. The summed E-state index contributed by atoms with van der Waals surface area (Å²) < 4.78 is 5.91. The van der Waals surface area contributed by atoms with Gasteiger partial charge in [0.05, 0.1) is 31.4 Å². The molecule has 3 atom stereocenters. The average Bonchev–Trinajstić information content (AvgIpc) is 2.86. The van der Waals surface area contributed by atoms with Crippen molar-refractivity contribution in [2.75, 3.05) is 19.7 Å². The average molecular weight is 451 g/mol.